The molecule has 4 heterocycles. The zero-order valence-electron chi connectivity index (χ0n) is 22.4. The quantitative estimate of drug-likeness (QED) is 0.572. The second-order valence-corrected chi connectivity index (χ2v) is 11.5. The summed E-state index contributed by atoms with van der Waals surface area (Å²) in [4.78, 5) is 31.9. The molecule has 2 N–H and O–H groups in total. The summed E-state index contributed by atoms with van der Waals surface area (Å²) in [5.41, 5.74) is 7.15. The van der Waals surface area contributed by atoms with Gasteiger partial charge in [0.15, 0.2) is 0 Å². The number of carbonyl (C=O) groups excluding carboxylic acids is 2. The Morgan fingerprint density at radius 1 is 0.850 bits per heavy atom. The Balaban J connectivity index is 0.00000323. The highest BCUT2D eigenvalue weighted by Crippen LogP contribution is 2.44. The van der Waals surface area contributed by atoms with Crippen LogP contribution in [0.15, 0.2) is 30.5 Å². The third-order valence-electron chi connectivity index (χ3n) is 8.79. The van der Waals surface area contributed by atoms with Crippen molar-refractivity contribution in [3.63, 3.8) is 0 Å². The molecule has 0 radical (unpaired) electrons. The van der Waals surface area contributed by atoms with Crippen LogP contribution < -0.4 is 5.73 Å². The van der Waals surface area contributed by atoms with Crippen molar-refractivity contribution in [1.82, 2.24) is 24.5 Å². The summed E-state index contributed by atoms with van der Waals surface area (Å²) in [5.74, 6) is -0.215. The highest BCUT2D eigenvalue weighted by molar-refractivity contribution is 5.95. The number of aromatic nitrogens is 2. The predicted octanol–water partition coefficient (Wildman–Crippen LogP) is 4.62. The van der Waals surface area contributed by atoms with E-state index in [1.165, 1.54) is 12.1 Å². The van der Waals surface area contributed by atoms with Crippen LogP contribution in [0.4, 0.5) is 18.0 Å². The largest absolute Gasteiger partial charge is 0.416 e. The van der Waals surface area contributed by atoms with E-state index in [1.54, 1.807) is 17.2 Å². The topological polar surface area (TPSA) is 87.7 Å². The zero-order valence-corrected chi connectivity index (χ0v) is 23.2. The van der Waals surface area contributed by atoms with Crippen LogP contribution in [0, 0.1) is 0 Å². The summed E-state index contributed by atoms with van der Waals surface area (Å²) in [6.45, 7) is 3.27. The molecule has 40 heavy (non-hydrogen) atoms. The molecule has 1 aromatic heterocycles. The monoisotopic (exact) mass is 580 g/mol. The summed E-state index contributed by atoms with van der Waals surface area (Å²) in [5, 5.41) is 4.66. The molecule has 4 fully saturated rings. The molecule has 1 saturated carbocycles. The number of hydrogen-bond acceptors (Lipinski definition) is 4. The van der Waals surface area contributed by atoms with Gasteiger partial charge in [0.05, 0.1) is 29.1 Å². The van der Waals surface area contributed by atoms with Crippen molar-refractivity contribution >= 4 is 24.3 Å². The third kappa shape index (κ3) is 5.54. The fraction of sp³-hybridized carbons (Fsp3) is 0.607. The van der Waals surface area contributed by atoms with Gasteiger partial charge in [-0.1, -0.05) is 18.2 Å². The second-order valence-electron chi connectivity index (χ2n) is 11.5. The van der Waals surface area contributed by atoms with Gasteiger partial charge in [-0.3, -0.25) is 9.48 Å². The van der Waals surface area contributed by atoms with E-state index in [9.17, 15) is 22.8 Å². The average molecular weight is 581 g/mol. The van der Waals surface area contributed by atoms with Gasteiger partial charge in [0.1, 0.15) is 0 Å². The van der Waals surface area contributed by atoms with Crippen LogP contribution in [0.2, 0.25) is 0 Å². The van der Waals surface area contributed by atoms with Gasteiger partial charge in [0, 0.05) is 57.1 Å². The van der Waals surface area contributed by atoms with E-state index in [2.05, 4.69) is 5.10 Å². The number of nitrogens with zero attached hydrogens (tertiary/aromatic N) is 5. The number of rotatable bonds is 4. The summed E-state index contributed by atoms with van der Waals surface area (Å²) in [6.07, 6.45) is 2.09. The van der Waals surface area contributed by atoms with Crippen LogP contribution in [-0.2, 0) is 6.18 Å². The maximum atomic E-state index is 13.7. The van der Waals surface area contributed by atoms with Crippen molar-refractivity contribution in [2.24, 2.45) is 5.73 Å². The molecule has 8 nitrogen and oxygen atoms in total. The number of nitrogens with two attached hydrogens (primary N) is 1. The second kappa shape index (κ2) is 11.2. The fourth-order valence-corrected chi connectivity index (χ4v) is 6.53. The van der Waals surface area contributed by atoms with Crippen molar-refractivity contribution in [2.45, 2.75) is 68.6 Å². The lowest BCUT2D eigenvalue weighted by atomic mass is 9.93. The van der Waals surface area contributed by atoms with Gasteiger partial charge >= 0.3 is 12.2 Å². The zero-order chi connectivity index (χ0) is 27.3. The lowest BCUT2D eigenvalue weighted by Gasteiger charge is -2.35. The van der Waals surface area contributed by atoms with Gasteiger partial charge in [0.2, 0.25) is 0 Å². The first-order valence-electron chi connectivity index (χ1n) is 14.0. The summed E-state index contributed by atoms with van der Waals surface area (Å²) < 4.78 is 42.8. The van der Waals surface area contributed by atoms with Gasteiger partial charge in [-0.2, -0.15) is 18.3 Å². The Bertz CT molecular complexity index is 1240. The van der Waals surface area contributed by atoms with Crippen LogP contribution >= 0.6 is 12.4 Å². The van der Waals surface area contributed by atoms with E-state index < -0.39 is 11.7 Å². The molecule has 0 spiro atoms. The Morgan fingerprint density at radius 3 is 2.17 bits per heavy atom. The number of carbonyl (C=O) groups is 2. The number of piperidine rings is 1. The van der Waals surface area contributed by atoms with Crippen molar-refractivity contribution in [1.29, 1.82) is 0 Å². The van der Waals surface area contributed by atoms with Crippen molar-refractivity contribution in [2.75, 3.05) is 39.3 Å². The number of halogens is 4. The SMILES string of the molecule is Cl.N[C@H]1CCN(C(=O)N2CCC(n3ncc(C(=O)N4CCC(c5ccccc5C(F)(F)F)C4)c3C3CC3)CC2)C1. The fourth-order valence-electron chi connectivity index (χ4n) is 6.53. The standard InChI is InChI=1S/C28H35F3N6O2.ClH/c29-28(30,31)24-4-2-1-3-22(24)19-7-11-35(16-19)26(38)23-15-33-37(25(23)18-5-6-18)21-9-13-34(14-10-21)27(39)36-12-8-20(32)17-36;/h1-4,15,18-21H,5-14,16-17,32H2;1H/t19?,20-;/m0./s1. The van der Waals surface area contributed by atoms with E-state index in [1.807, 2.05) is 14.5 Å². The molecule has 12 heteroatoms. The molecule has 6 rings (SSSR count). The first-order chi connectivity index (χ1) is 18.7. The Hall–Kier alpha value is -2.79. The van der Waals surface area contributed by atoms with E-state index in [0.717, 1.165) is 43.9 Å². The highest BCUT2D eigenvalue weighted by Gasteiger charge is 2.40. The minimum atomic E-state index is -4.42. The molecule has 1 aromatic carbocycles. The summed E-state index contributed by atoms with van der Waals surface area (Å²) in [7, 11) is 0. The molecular formula is C28H36ClF3N6O2. The number of urea groups is 1. The molecule has 1 aliphatic carbocycles. The van der Waals surface area contributed by atoms with Gasteiger partial charge < -0.3 is 20.4 Å². The van der Waals surface area contributed by atoms with Gasteiger partial charge in [0.25, 0.3) is 5.91 Å². The predicted molar refractivity (Wildman–Crippen MR) is 146 cm³/mol. The van der Waals surface area contributed by atoms with Gasteiger partial charge in [-0.15, -0.1) is 12.4 Å². The van der Waals surface area contributed by atoms with Crippen molar-refractivity contribution < 1.29 is 22.8 Å². The highest BCUT2D eigenvalue weighted by atomic mass is 35.5. The third-order valence-corrected chi connectivity index (χ3v) is 8.79. The molecule has 218 valence electrons. The molecule has 4 aliphatic rings. The lowest BCUT2D eigenvalue weighted by molar-refractivity contribution is -0.138. The summed E-state index contributed by atoms with van der Waals surface area (Å²) in [6, 6.07) is 5.90. The smallest absolute Gasteiger partial charge is 0.338 e. The summed E-state index contributed by atoms with van der Waals surface area (Å²) >= 11 is 0. The molecule has 0 bridgehead atoms. The molecular weight excluding hydrogens is 545 g/mol. The number of likely N-dealkylation sites (tertiary alicyclic amines) is 3. The van der Waals surface area contributed by atoms with Crippen LogP contribution in [0.1, 0.15) is 83.6 Å². The van der Waals surface area contributed by atoms with Crippen molar-refractivity contribution in [3.8, 4) is 0 Å². The number of alkyl halides is 3. The Labute approximate surface area is 238 Å². The number of amides is 3. The number of benzene rings is 1. The number of hydrogen-bond donors (Lipinski definition) is 1. The minimum Gasteiger partial charge on any atom is -0.338 e. The van der Waals surface area contributed by atoms with E-state index in [4.69, 9.17) is 5.73 Å². The Kier molecular flexibility index (Phi) is 8.07. The van der Waals surface area contributed by atoms with Crippen LogP contribution in [-0.4, -0.2) is 81.7 Å². The molecule has 1 unspecified atom stereocenters. The lowest BCUT2D eigenvalue weighted by Crippen LogP contribution is -2.46. The average Bonchev–Trinajstić information content (AvgIpc) is 3.30. The molecule has 3 aliphatic heterocycles. The van der Waals surface area contributed by atoms with Crippen molar-refractivity contribution in [3.05, 3.63) is 52.8 Å². The van der Waals surface area contributed by atoms with E-state index >= 15 is 0 Å². The molecule has 3 saturated heterocycles. The Morgan fingerprint density at radius 2 is 1.52 bits per heavy atom. The van der Waals surface area contributed by atoms with Gasteiger partial charge in [-0.05, 0) is 50.2 Å². The molecule has 2 aromatic rings. The van der Waals surface area contributed by atoms with Gasteiger partial charge in [-0.25, -0.2) is 4.79 Å². The first kappa shape index (κ1) is 28.7. The van der Waals surface area contributed by atoms with Crippen LogP contribution in [0.5, 0.6) is 0 Å². The van der Waals surface area contributed by atoms with Crippen LogP contribution in [0.25, 0.3) is 0 Å². The molecule has 2 atom stereocenters. The molecule has 3 amide bonds. The maximum absolute atomic E-state index is 13.7. The first-order valence-corrected chi connectivity index (χ1v) is 14.0. The normalized spacial score (nSPS) is 23.9. The van der Waals surface area contributed by atoms with E-state index in [0.29, 0.717) is 44.7 Å². The van der Waals surface area contributed by atoms with E-state index in [-0.39, 0.29) is 60.4 Å². The minimum absolute atomic E-state index is 0. The maximum Gasteiger partial charge on any atom is 0.416 e. The van der Waals surface area contributed by atoms with Crippen LogP contribution in [0.3, 0.4) is 0 Å².